The van der Waals surface area contributed by atoms with E-state index in [-0.39, 0.29) is 16.5 Å². The Morgan fingerprint density at radius 2 is 1.60 bits per heavy atom. The third-order valence-electron chi connectivity index (χ3n) is 4.05. The lowest BCUT2D eigenvalue weighted by Crippen LogP contribution is -2.35. The van der Waals surface area contributed by atoms with Crippen molar-refractivity contribution < 1.29 is 26.4 Å². The van der Waals surface area contributed by atoms with Gasteiger partial charge in [-0.25, -0.2) is 13.1 Å². The molecule has 0 bridgehead atoms. The minimum atomic E-state index is -4.50. The highest BCUT2D eigenvalue weighted by atomic mass is 32.2. The lowest BCUT2D eigenvalue weighted by molar-refractivity contribution is -0.123. The van der Waals surface area contributed by atoms with E-state index >= 15 is 0 Å². The van der Waals surface area contributed by atoms with Crippen molar-refractivity contribution in [1.82, 2.24) is 10.0 Å². The van der Waals surface area contributed by atoms with Crippen LogP contribution in [0.15, 0.2) is 29.2 Å². The minimum Gasteiger partial charge on any atom is -0.343 e. The first-order valence-corrected chi connectivity index (χ1v) is 9.63. The van der Waals surface area contributed by atoms with Crippen LogP contribution in [0.3, 0.4) is 0 Å². The number of hydrogen-bond donors (Lipinski definition) is 2. The molecule has 140 valence electrons. The summed E-state index contributed by atoms with van der Waals surface area (Å²) in [5.74, 6) is -0.905. The normalized spacial score (nSPS) is 17.1. The van der Waals surface area contributed by atoms with Crippen LogP contribution in [0.1, 0.15) is 48.9 Å². The summed E-state index contributed by atoms with van der Waals surface area (Å²) in [6.07, 6.45) is 1.23. The van der Waals surface area contributed by atoms with Gasteiger partial charge in [-0.3, -0.25) is 4.79 Å². The average molecular weight is 378 g/mol. The van der Waals surface area contributed by atoms with E-state index in [2.05, 4.69) is 4.72 Å². The van der Waals surface area contributed by atoms with Gasteiger partial charge in [0.15, 0.2) is 0 Å². The highest BCUT2D eigenvalue weighted by molar-refractivity contribution is 7.89. The summed E-state index contributed by atoms with van der Waals surface area (Å²) < 4.78 is 63.8. The zero-order chi connectivity index (χ0) is 18.5. The van der Waals surface area contributed by atoms with Crippen molar-refractivity contribution in [3.05, 3.63) is 29.8 Å². The van der Waals surface area contributed by atoms with Gasteiger partial charge in [0.05, 0.1) is 4.90 Å². The van der Waals surface area contributed by atoms with Crippen LogP contribution in [0, 0.1) is 0 Å². The fourth-order valence-electron chi connectivity index (χ4n) is 2.75. The number of nitrogens with one attached hydrogen (secondary N) is 2. The quantitative estimate of drug-likeness (QED) is 0.774. The smallest absolute Gasteiger partial charge is 0.343 e. The van der Waals surface area contributed by atoms with Crippen LogP contribution >= 0.6 is 0 Å². The van der Waals surface area contributed by atoms with E-state index in [0.29, 0.717) is 0 Å². The number of carbonyl (C=O) groups is 1. The average Bonchev–Trinajstić information content (AvgIpc) is 2.80. The van der Waals surface area contributed by atoms with Crippen molar-refractivity contribution in [2.45, 2.75) is 55.6 Å². The van der Waals surface area contributed by atoms with Gasteiger partial charge >= 0.3 is 6.18 Å². The Balaban J connectivity index is 2.01. The van der Waals surface area contributed by atoms with Gasteiger partial charge < -0.3 is 5.32 Å². The lowest BCUT2D eigenvalue weighted by Gasteiger charge is -2.16. The molecule has 1 aliphatic carbocycles. The summed E-state index contributed by atoms with van der Waals surface area (Å²) in [7, 11) is -3.72. The molecular formula is C16H21F3N2O3S. The van der Waals surface area contributed by atoms with Crippen molar-refractivity contribution >= 4 is 15.9 Å². The van der Waals surface area contributed by atoms with E-state index in [9.17, 15) is 26.4 Å². The molecule has 0 aliphatic heterocycles. The second-order valence-corrected chi connectivity index (χ2v) is 7.85. The molecule has 1 amide bonds. The first-order valence-electron chi connectivity index (χ1n) is 8.15. The van der Waals surface area contributed by atoms with Crippen LogP contribution in [-0.4, -0.2) is 33.1 Å². The molecule has 1 aromatic carbocycles. The van der Waals surface area contributed by atoms with Gasteiger partial charge in [-0.15, -0.1) is 0 Å². The first-order chi connectivity index (χ1) is 11.7. The summed E-state index contributed by atoms with van der Waals surface area (Å²) in [5, 5.41) is 1.74. The maximum Gasteiger partial charge on any atom is 0.405 e. The number of alkyl halides is 3. The number of amides is 1. The Morgan fingerprint density at radius 3 is 2.12 bits per heavy atom. The van der Waals surface area contributed by atoms with Crippen LogP contribution in [0.2, 0.25) is 0 Å². The van der Waals surface area contributed by atoms with Gasteiger partial charge in [0, 0.05) is 11.6 Å². The Morgan fingerprint density at radius 1 is 1.04 bits per heavy atom. The molecule has 0 heterocycles. The maximum atomic E-state index is 12.4. The third-order valence-corrected chi connectivity index (χ3v) is 5.59. The first kappa shape index (κ1) is 19.7. The van der Waals surface area contributed by atoms with Gasteiger partial charge in [-0.2, -0.15) is 13.2 Å². The molecule has 2 rings (SSSR count). The van der Waals surface area contributed by atoms with Gasteiger partial charge in [0.2, 0.25) is 10.0 Å². The summed E-state index contributed by atoms with van der Waals surface area (Å²) in [4.78, 5) is 11.6. The molecule has 2 N–H and O–H groups in total. The summed E-state index contributed by atoms with van der Waals surface area (Å²) in [5.41, 5.74) is -0.0299. The Hall–Kier alpha value is -1.61. The molecule has 9 heteroatoms. The predicted molar refractivity (Wildman–Crippen MR) is 86.6 cm³/mol. The van der Waals surface area contributed by atoms with Gasteiger partial charge in [-0.05, 0) is 37.1 Å². The number of sulfonamides is 1. The summed E-state index contributed by atoms with van der Waals surface area (Å²) in [6, 6.07) is 4.74. The molecule has 1 saturated carbocycles. The Bertz CT molecular complexity index is 680. The SMILES string of the molecule is O=C(NCC(F)(F)F)c1ccc(S(=O)(=O)NC2CCCCCC2)cc1. The Labute approximate surface area is 145 Å². The van der Waals surface area contributed by atoms with Crippen LogP contribution in [-0.2, 0) is 10.0 Å². The summed E-state index contributed by atoms with van der Waals surface area (Å²) in [6.45, 7) is -1.44. The molecule has 0 atom stereocenters. The van der Waals surface area contributed by atoms with Crippen LogP contribution < -0.4 is 10.0 Å². The molecule has 1 aliphatic rings. The zero-order valence-corrected chi connectivity index (χ0v) is 14.4. The number of carbonyl (C=O) groups excluding carboxylic acids is 1. The van der Waals surface area contributed by atoms with E-state index in [0.717, 1.165) is 38.5 Å². The van der Waals surface area contributed by atoms with Crippen molar-refractivity contribution in [1.29, 1.82) is 0 Å². The molecule has 5 nitrogen and oxygen atoms in total. The lowest BCUT2D eigenvalue weighted by atomic mass is 10.1. The third kappa shape index (κ3) is 6.32. The monoisotopic (exact) mass is 378 g/mol. The molecule has 1 aromatic rings. The second-order valence-electron chi connectivity index (χ2n) is 6.13. The topological polar surface area (TPSA) is 75.3 Å². The molecule has 1 fully saturated rings. The number of benzene rings is 1. The largest absolute Gasteiger partial charge is 0.405 e. The van der Waals surface area contributed by atoms with Crippen molar-refractivity contribution in [2.75, 3.05) is 6.54 Å². The molecule has 0 saturated heterocycles. The fraction of sp³-hybridized carbons (Fsp3) is 0.562. The van der Waals surface area contributed by atoms with E-state index < -0.39 is 28.7 Å². The predicted octanol–water partition coefficient (Wildman–Crippen LogP) is 2.98. The Kier molecular flexibility index (Phi) is 6.45. The standard InChI is InChI=1S/C16H21F3N2O3S/c17-16(18,19)11-20-15(22)12-7-9-14(10-8-12)25(23,24)21-13-5-3-1-2-4-6-13/h7-10,13,21H,1-6,11H2,(H,20,22). The summed E-state index contributed by atoms with van der Waals surface area (Å²) >= 11 is 0. The van der Waals surface area contributed by atoms with E-state index in [4.69, 9.17) is 0 Å². The van der Waals surface area contributed by atoms with E-state index in [1.54, 1.807) is 5.32 Å². The van der Waals surface area contributed by atoms with Crippen molar-refractivity contribution in [3.63, 3.8) is 0 Å². The van der Waals surface area contributed by atoms with Crippen LogP contribution in [0.25, 0.3) is 0 Å². The number of halogens is 3. The molecule has 25 heavy (non-hydrogen) atoms. The molecule has 0 unspecified atom stereocenters. The molecule has 0 radical (unpaired) electrons. The van der Waals surface area contributed by atoms with Gasteiger partial charge in [0.1, 0.15) is 6.54 Å². The number of rotatable bonds is 5. The molecular weight excluding hydrogens is 357 g/mol. The fourth-order valence-corrected chi connectivity index (χ4v) is 4.06. The van der Waals surface area contributed by atoms with E-state index in [1.165, 1.54) is 24.3 Å². The van der Waals surface area contributed by atoms with E-state index in [1.807, 2.05) is 0 Å². The second kappa shape index (κ2) is 8.18. The highest BCUT2D eigenvalue weighted by Gasteiger charge is 2.28. The van der Waals surface area contributed by atoms with Crippen LogP contribution in [0.4, 0.5) is 13.2 Å². The molecule has 0 spiro atoms. The van der Waals surface area contributed by atoms with Crippen molar-refractivity contribution in [3.8, 4) is 0 Å². The zero-order valence-electron chi connectivity index (χ0n) is 13.6. The minimum absolute atomic E-state index is 0.0101. The highest BCUT2D eigenvalue weighted by Crippen LogP contribution is 2.20. The number of hydrogen-bond acceptors (Lipinski definition) is 3. The van der Waals surface area contributed by atoms with Crippen LogP contribution in [0.5, 0.6) is 0 Å². The molecule has 0 aromatic heterocycles. The van der Waals surface area contributed by atoms with Gasteiger partial charge in [-0.1, -0.05) is 25.7 Å². The maximum absolute atomic E-state index is 12.4. The van der Waals surface area contributed by atoms with Crippen molar-refractivity contribution in [2.24, 2.45) is 0 Å². The van der Waals surface area contributed by atoms with Gasteiger partial charge in [0.25, 0.3) is 5.91 Å².